The maximum atomic E-state index is 12.0. The molecule has 0 saturated carbocycles. The van der Waals surface area contributed by atoms with Crippen LogP contribution in [-0.4, -0.2) is 36.9 Å². The minimum atomic E-state index is -0.572. The van der Waals surface area contributed by atoms with Gasteiger partial charge in [-0.25, -0.2) is 0 Å². The lowest BCUT2D eigenvalue weighted by molar-refractivity contribution is -0.117. The first-order valence-electron chi connectivity index (χ1n) is 6.70. The molecule has 3 N–H and O–H groups in total. The summed E-state index contributed by atoms with van der Waals surface area (Å²) < 4.78 is 0. The number of benzene rings is 1. The van der Waals surface area contributed by atoms with E-state index in [0.29, 0.717) is 23.6 Å². The summed E-state index contributed by atoms with van der Waals surface area (Å²) in [6.07, 6.45) is 0.607. The maximum absolute atomic E-state index is 12.0. The molecule has 0 bridgehead atoms. The number of carbonyl (C=O) groups is 2. The molecule has 0 aromatic heterocycles. The summed E-state index contributed by atoms with van der Waals surface area (Å²) in [6, 6.07) is 6.36. The predicted molar refractivity (Wildman–Crippen MR) is 80.5 cm³/mol. The molecule has 2 amide bonds. The maximum Gasteiger partial charge on any atom is 0.255 e. The Morgan fingerprint density at radius 3 is 2.40 bits per heavy atom. The Hall–Kier alpha value is -1.88. The number of rotatable bonds is 5. The van der Waals surface area contributed by atoms with E-state index in [4.69, 9.17) is 5.73 Å². The second-order valence-corrected chi connectivity index (χ2v) is 5.47. The van der Waals surface area contributed by atoms with E-state index in [1.54, 1.807) is 38.4 Å². The van der Waals surface area contributed by atoms with Gasteiger partial charge in [0.25, 0.3) is 5.91 Å². The molecule has 5 heteroatoms. The van der Waals surface area contributed by atoms with Crippen LogP contribution in [0.1, 0.15) is 30.6 Å². The van der Waals surface area contributed by atoms with E-state index in [0.717, 1.165) is 0 Å². The first-order valence-corrected chi connectivity index (χ1v) is 6.70. The minimum Gasteiger partial charge on any atom is -0.345 e. The second kappa shape index (κ2) is 7.05. The van der Waals surface area contributed by atoms with E-state index >= 15 is 0 Å². The third kappa shape index (κ3) is 4.35. The molecule has 0 saturated heterocycles. The first kappa shape index (κ1) is 16.2. The zero-order valence-electron chi connectivity index (χ0n) is 12.5. The number of carbonyl (C=O) groups excluding carboxylic acids is 2. The van der Waals surface area contributed by atoms with Crippen LogP contribution in [0.15, 0.2) is 24.3 Å². The van der Waals surface area contributed by atoms with Gasteiger partial charge in [0, 0.05) is 14.1 Å². The van der Waals surface area contributed by atoms with Crippen LogP contribution in [0.3, 0.4) is 0 Å². The summed E-state index contributed by atoms with van der Waals surface area (Å²) in [6.45, 7) is 4.02. The fourth-order valence-electron chi connectivity index (χ4n) is 1.86. The molecular formula is C15H23N3O2. The van der Waals surface area contributed by atoms with Crippen molar-refractivity contribution in [2.75, 3.05) is 19.4 Å². The van der Waals surface area contributed by atoms with Crippen LogP contribution in [0.5, 0.6) is 0 Å². The van der Waals surface area contributed by atoms with E-state index in [-0.39, 0.29) is 11.8 Å². The average molecular weight is 277 g/mol. The van der Waals surface area contributed by atoms with Crippen LogP contribution in [0.25, 0.3) is 0 Å². The van der Waals surface area contributed by atoms with E-state index in [1.165, 1.54) is 4.90 Å². The number of amides is 2. The Balaban J connectivity index is 2.87. The Bertz CT molecular complexity index is 484. The highest BCUT2D eigenvalue weighted by Gasteiger charge is 2.18. The Kier molecular flexibility index (Phi) is 5.70. The zero-order valence-corrected chi connectivity index (χ0v) is 12.5. The smallest absolute Gasteiger partial charge is 0.255 e. The Morgan fingerprint density at radius 2 is 1.85 bits per heavy atom. The molecule has 0 spiro atoms. The van der Waals surface area contributed by atoms with Crippen molar-refractivity contribution in [3.63, 3.8) is 0 Å². The summed E-state index contributed by atoms with van der Waals surface area (Å²) in [7, 11) is 3.34. The number of para-hydroxylation sites is 1. The fourth-order valence-corrected chi connectivity index (χ4v) is 1.86. The van der Waals surface area contributed by atoms with Crippen LogP contribution in [0.4, 0.5) is 5.69 Å². The monoisotopic (exact) mass is 277 g/mol. The molecule has 5 nitrogen and oxygen atoms in total. The molecule has 1 aromatic carbocycles. The highest BCUT2D eigenvalue weighted by atomic mass is 16.2. The molecular weight excluding hydrogens is 254 g/mol. The summed E-state index contributed by atoms with van der Waals surface area (Å²) in [5.41, 5.74) is 6.80. The van der Waals surface area contributed by atoms with Crippen molar-refractivity contribution < 1.29 is 9.59 Å². The van der Waals surface area contributed by atoms with Gasteiger partial charge in [-0.1, -0.05) is 26.0 Å². The second-order valence-electron chi connectivity index (χ2n) is 5.47. The number of hydrogen-bond acceptors (Lipinski definition) is 3. The standard InChI is InChI=1S/C15H23N3O2/c1-10(2)9-12(16)14(19)17-13-8-6-5-7-11(13)15(20)18(3)4/h5-8,10,12H,9,16H2,1-4H3,(H,17,19)/t12-/m0/s1. The molecule has 0 unspecified atom stereocenters. The molecule has 0 aliphatic carbocycles. The van der Waals surface area contributed by atoms with E-state index in [1.807, 2.05) is 13.8 Å². The zero-order chi connectivity index (χ0) is 15.3. The Labute approximate surface area is 120 Å². The largest absolute Gasteiger partial charge is 0.345 e. The van der Waals surface area contributed by atoms with Crippen molar-refractivity contribution in [1.29, 1.82) is 0 Å². The Morgan fingerprint density at radius 1 is 1.25 bits per heavy atom. The van der Waals surface area contributed by atoms with Crippen molar-refractivity contribution in [2.24, 2.45) is 11.7 Å². The molecule has 0 heterocycles. The van der Waals surface area contributed by atoms with Gasteiger partial charge in [-0.2, -0.15) is 0 Å². The summed E-state index contributed by atoms with van der Waals surface area (Å²) in [5, 5.41) is 2.74. The number of nitrogens with zero attached hydrogens (tertiary/aromatic N) is 1. The molecule has 1 atom stereocenters. The van der Waals surface area contributed by atoms with Crippen LogP contribution in [0, 0.1) is 5.92 Å². The van der Waals surface area contributed by atoms with Gasteiger partial charge in [0.05, 0.1) is 17.3 Å². The lowest BCUT2D eigenvalue weighted by atomic mass is 10.0. The van der Waals surface area contributed by atoms with Crippen LogP contribution in [-0.2, 0) is 4.79 Å². The van der Waals surface area contributed by atoms with Crippen LogP contribution in [0.2, 0.25) is 0 Å². The van der Waals surface area contributed by atoms with Gasteiger partial charge < -0.3 is 16.0 Å². The van der Waals surface area contributed by atoms with Crippen molar-refractivity contribution in [1.82, 2.24) is 4.90 Å². The first-order chi connectivity index (χ1) is 9.32. The number of nitrogens with two attached hydrogens (primary N) is 1. The van der Waals surface area contributed by atoms with Gasteiger partial charge in [0.15, 0.2) is 0 Å². The van der Waals surface area contributed by atoms with Crippen molar-refractivity contribution in [3.8, 4) is 0 Å². The molecule has 110 valence electrons. The van der Waals surface area contributed by atoms with E-state index in [2.05, 4.69) is 5.32 Å². The van der Waals surface area contributed by atoms with Gasteiger partial charge in [-0.15, -0.1) is 0 Å². The fraction of sp³-hybridized carbons (Fsp3) is 0.467. The topological polar surface area (TPSA) is 75.4 Å². The van der Waals surface area contributed by atoms with Gasteiger partial charge >= 0.3 is 0 Å². The predicted octanol–water partition coefficient (Wildman–Crippen LogP) is 1.70. The summed E-state index contributed by atoms with van der Waals surface area (Å²) in [4.78, 5) is 25.5. The molecule has 0 radical (unpaired) electrons. The SMILES string of the molecule is CC(C)C[C@H](N)C(=O)Nc1ccccc1C(=O)N(C)C. The van der Waals surface area contributed by atoms with E-state index in [9.17, 15) is 9.59 Å². The van der Waals surface area contributed by atoms with Crippen LogP contribution >= 0.6 is 0 Å². The van der Waals surface area contributed by atoms with Gasteiger partial charge in [-0.05, 0) is 24.5 Å². The van der Waals surface area contributed by atoms with Gasteiger partial charge in [0.2, 0.25) is 5.91 Å². The highest BCUT2D eigenvalue weighted by molar-refractivity contribution is 6.04. The highest BCUT2D eigenvalue weighted by Crippen LogP contribution is 2.17. The lowest BCUT2D eigenvalue weighted by Gasteiger charge is -2.17. The molecule has 0 fully saturated rings. The molecule has 0 aliphatic rings. The lowest BCUT2D eigenvalue weighted by Crippen LogP contribution is -2.37. The molecule has 0 aliphatic heterocycles. The van der Waals surface area contributed by atoms with E-state index < -0.39 is 6.04 Å². The molecule has 20 heavy (non-hydrogen) atoms. The van der Waals surface area contributed by atoms with Crippen molar-refractivity contribution in [3.05, 3.63) is 29.8 Å². The quantitative estimate of drug-likeness (QED) is 0.860. The number of anilines is 1. The van der Waals surface area contributed by atoms with Crippen molar-refractivity contribution >= 4 is 17.5 Å². The minimum absolute atomic E-state index is 0.154. The number of hydrogen-bond donors (Lipinski definition) is 2. The van der Waals surface area contributed by atoms with Gasteiger partial charge in [-0.3, -0.25) is 9.59 Å². The third-order valence-electron chi connectivity index (χ3n) is 2.88. The normalized spacial score (nSPS) is 12.1. The van der Waals surface area contributed by atoms with Gasteiger partial charge in [0.1, 0.15) is 0 Å². The number of nitrogens with one attached hydrogen (secondary N) is 1. The third-order valence-corrected chi connectivity index (χ3v) is 2.88. The summed E-state index contributed by atoms with van der Waals surface area (Å²) >= 11 is 0. The average Bonchev–Trinajstić information content (AvgIpc) is 2.37. The molecule has 1 rings (SSSR count). The van der Waals surface area contributed by atoms with Crippen molar-refractivity contribution in [2.45, 2.75) is 26.3 Å². The molecule has 1 aromatic rings. The summed E-state index contributed by atoms with van der Waals surface area (Å²) in [5.74, 6) is -0.0783. The van der Waals surface area contributed by atoms with Crippen LogP contribution < -0.4 is 11.1 Å².